The molecule has 4 rings (SSSR count). The Morgan fingerprint density at radius 3 is 2.48 bits per heavy atom. The van der Waals surface area contributed by atoms with Crippen molar-refractivity contribution in [1.82, 2.24) is 14.8 Å². The maximum atomic E-state index is 12.5. The standard InChI is InChI=1S/C22H24N4O3/c1-25-9-11-26(12-10-25)20(22(28)29)18-14-23-19-8-7-16(13-17(18)19)24-21(27)15-5-3-2-4-6-15/h2-8,13-14,20,23H,9-12H2,1H3,(H,24,27)(H,28,29)/t20-/m0/s1. The quantitative estimate of drug-likeness (QED) is 0.621. The highest BCUT2D eigenvalue weighted by atomic mass is 16.4. The van der Waals surface area contributed by atoms with E-state index in [0.717, 1.165) is 24.0 Å². The van der Waals surface area contributed by atoms with Gasteiger partial charge in [-0.05, 0) is 37.4 Å². The summed E-state index contributed by atoms with van der Waals surface area (Å²) in [4.78, 5) is 32.0. The molecule has 1 aliphatic rings. The number of hydrogen-bond donors (Lipinski definition) is 3. The number of carboxylic acids is 1. The Kier molecular flexibility index (Phi) is 5.33. The second kappa shape index (κ2) is 8.06. The lowest BCUT2D eigenvalue weighted by molar-refractivity contribution is -0.144. The van der Waals surface area contributed by atoms with Gasteiger partial charge in [-0.15, -0.1) is 0 Å². The molecular weight excluding hydrogens is 368 g/mol. The number of aliphatic carboxylic acids is 1. The largest absolute Gasteiger partial charge is 0.480 e. The number of nitrogens with one attached hydrogen (secondary N) is 2. The van der Waals surface area contributed by atoms with E-state index in [9.17, 15) is 14.7 Å². The summed E-state index contributed by atoms with van der Waals surface area (Å²) in [5, 5.41) is 13.7. The number of carboxylic acid groups (broad SMARTS) is 1. The maximum absolute atomic E-state index is 12.5. The Labute approximate surface area is 168 Å². The number of aromatic nitrogens is 1. The minimum atomic E-state index is -0.867. The smallest absolute Gasteiger partial charge is 0.325 e. The van der Waals surface area contributed by atoms with E-state index in [1.54, 1.807) is 18.3 Å². The van der Waals surface area contributed by atoms with Crippen LogP contribution in [-0.4, -0.2) is 65.0 Å². The zero-order valence-corrected chi connectivity index (χ0v) is 16.3. The first-order valence-corrected chi connectivity index (χ1v) is 9.66. The summed E-state index contributed by atoms with van der Waals surface area (Å²) in [6.45, 7) is 3.07. The molecule has 7 nitrogen and oxygen atoms in total. The molecule has 1 fully saturated rings. The van der Waals surface area contributed by atoms with Crippen LogP contribution in [0.25, 0.3) is 10.9 Å². The Bertz CT molecular complexity index is 1020. The monoisotopic (exact) mass is 392 g/mol. The van der Waals surface area contributed by atoms with E-state index in [1.165, 1.54) is 0 Å². The van der Waals surface area contributed by atoms with Crippen molar-refractivity contribution in [2.45, 2.75) is 6.04 Å². The number of anilines is 1. The van der Waals surface area contributed by atoms with Gasteiger partial charge in [-0.25, -0.2) is 0 Å². The molecule has 0 aliphatic carbocycles. The van der Waals surface area contributed by atoms with Crippen molar-refractivity contribution in [3.8, 4) is 0 Å². The van der Waals surface area contributed by atoms with Crippen LogP contribution in [0.5, 0.6) is 0 Å². The van der Waals surface area contributed by atoms with Crippen molar-refractivity contribution < 1.29 is 14.7 Å². The highest BCUT2D eigenvalue weighted by Crippen LogP contribution is 2.31. The molecule has 0 radical (unpaired) electrons. The second-order valence-corrected chi connectivity index (χ2v) is 7.40. The number of amides is 1. The van der Waals surface area contributed by atoms with Gasteiger partial charge in [0, 0.05) is 60.1 Å². The summed E-state index contributed by atoms with van der Waals surface area (Å²) in [6.07, 6.45) is 1.77. The van der Waals surface area contributed by atoms with E-state index in [2.05, 4.69) is 15.2 Å². The van der Waals surface area contributed by atoms with Gasteiger partial charge in [0.1, 0.15) is 6.04 Å². The van der Waals surface area contributed by atoms with Gasteiger partial charge >= 0.3 is 5.97 Å². The third-order valence-corrected chi connectivity index (χ3v) is 5.44. The lowest BCUT2D eigenvalue weighted by Gasteiger charge is -2.36. The highest BCUT2D eigenvalue weighted by molar-refractivity contribution is 6.05. The number of carbonyl (C=O) groups excluding carboxylic acids is 1. The Morgan fingerprint density at radius 1 is 1.07 bits per heavy atom. The van der Waals surface area contributed by atoms with Crippen LogP contribution in [0.3, 0.4) is 0 Å². The van der Waals surface area contributed by atoms with Gasteiger partial charge < -0.3 is 20.3 Å². The molecule has 1 aromatic heterocycles. The molecule has 0 spiro atoms. The molecule has 1 atom stereocenters. The zero-order chi connectivity index (χ0) is 20.4. The second-order valence-electron chi connectivity index (χ2n) is 7.40. The lowest BCUT2D eigenvalue weighted by Crippen LogP contribution is -2.47. The molecule has 29 heavy (non-hydrogen) atoms. The van der Waals surface area contributed by atoms with Gasteiger partial charge in [0.05, 0.1) is 0 Å². The molecule has 0 bridgehead atoms. The van der Waals surface area contributed by atoms with Crippen LogP contribution < -0.4 is 5.32 Å². The molecule has 0 saturated carbocycles. The molecule has 0 unspecified atom stereocenters. The number of likely N-dealkylation sites (N-methyl/N-ethyl adjacent to an activating group) is 1. The third kappa shape index (κ3) is 4.01. The van der Waals surface area contributed by atoms with Crippen molar-refractivity contribution in [3.63, 3.8) is 0 Å². The van der Waals surface area contributed by atoms with Gasteiger partial charge in [-0.2, -0.15) is 0 Å². The molecule has 1 amide bonds. The van der Waals surface area contributed by atoms with Crippen LogP contribution in [0.15, 0.2) is 54.7 Å². The number of aromatic amines is 1. The van der Waals surface area contributed by atoms with Crippen LogP contribution in [0.1, 0.15) is 22.0 Å². The van der Waals surface area contributed by atoms with Crippen molar-refractivity contribution in [3.05, 3.63) is 65.9 Å². The first-order chi connectivity index (χ1) is 14.0. The van der Waals surface area contributed by atoms with Gasteiger partial charge in [0.15, 0.2) is 0 Å². The topological polar surface area (TPSA) is 88.7 Å². The fourth-order valence-corrected chi connectivity index (χ4v) is 3.81. The van der Waals surface area contributed by atoms with E-state index in [-0.39, 0.29) is 5.91 Å². The highest BCUT2D eigenvalue weighted by Gasteiger charge is 2.31. The summed E-state index contributed by atoms with van der Waals surface area (Å²) in [6, 6.07) is 13.8. The Balaban J connectivity index is 1.64. The maximum Gasteiger partial charge on any atom is 0.325 e. The van der Waals surface area contributed by atoms with Crippen LogP contribution in [0, 0.1) is 0 Å². The van der Waals surface area contributed by atoms with Gasteiger partial charge in [0.2, 0.25) is 0 Å². The van der Waals surface area contributed by atoms with Gasteiger partial charge in [-0.1, -0.05) is 18.2 Å². The summed E-state index contributed by atoms with van der Waals surface area (Å²) in [5.41, 5.74) is 2.77. The predicted octanol–water partition coefficient (Wildman–Crippen LogP) is 2.79. The van der Waals surface area contributed by atoms with Crippen molar-refractivity contribution in [2.75, 3.05) is 38.5 Å². The lowest BCUT2D eigenvalue weighted by atomic mass is 10.0. The van der Waals surface area contributed by atoms with E-state index in [0.29, 0.717) is 29.9 Å². The summed E-state index contributed by atoms with van der Waals surface area (Å²) in [7, 11) is 2.04. The number of fused-ring (bicyclic) bond motifs is 1. The fourth-order valence-electron chi connectivity index (χ4n) is 3.81. The van der Waals surface area contributed by atoms with Crippen LogP contribution in [0.2, 0.25) is 0 Å². The number of nitrogens with zero attached hydrogens (tertiary/aromatic N) is 2. The first kappa shape index (κ1) is 19.2. The minimum absolute atomic E-state index is 0.198. The molecule has 3 N–H and O–H groups in total. The average molecular weight is 392 g/mol. The van der Waals surface area contributed by atoms with Crippen molar-refractivity contribution >= 4 is 28.5 Å². The van der Waals surface area contributed by atoms with E-state index in [4.69, 9.17) is 0 Å². The number of hydrogen-bond acceptors (Lipinski definition) is 4. The van der Waals surface area contributed by atoms with E-state index < -0.39 is 12.0 Å². The van der Waals surface area contributed by atoms with Crippen molar-refractivity contribution in [2.24, 2.45) is 0 Å². The van der Waals surface area contributed by atoms with E-state index in [1.807, 2.05) is 48.3 Å². The molecule has 150 valence electrons. The first-order valence-electron chi connectivity index (χ1n) is 9.66. The molecule has 2 aromatic carbocycles. The number of benzene rings is 2. The van der Waals surface area contributed by atoms with Crippen LogP contribution in [-0.2, 0) is 4.79 Å². The number of piperazine rings is 1. The molecule has 2 heterocycles. The fraction of sp³-hybridized carbons (Fsp3) is 0.273. The van der Waals surface area contributed by atoms with Crippen molar-refractivity contribution in [1.29, 1.82) is 0 Å². The summed E-state index contributed by atoms with van der Waals surface area (Å²) < 4.78 is 0. The van der Waals surface area contributed by atoms with Crippen LogP contribution in [0.4, 0.5) is 5.69 Å². The molecule has 7 heteroatoms. The molecule has 3 aromatic rings. The molecule has 1 saturated heterocycles. The normalized spacial score (nSPS) is 16.6. The SMILES string of the molecule is CN1CCN([C@H](C(=O)O)c2c[nH]c3ccc(NC(=O)c4ccccc4)cc23)CC1. The zero-order valence-electron chi connectivity index (χ0n) is 16.3. The van der Waals surface area contributed by atoms with Gasteiger partial charge in [0.25, 0.3) is 5.91 Å². The van der Waals surface area contributed by atoms with Crippen LogP contribution >= 0.6 is 0 Å². The number of carbonyl (C=O) groups is 2. The molecular formula is C22H24N4O3. The average Bonchev–Trinajstić information content (AvgIpc) is 3.13. The number of H-pyrrole nitrogens is 1. The number of rotatable bonds is 5. The Morgan fingerprint density at radius 2 is 1.79 bits per heavy atom. The summed E-state index contributed by atoms with van der Waals surface area (Å²) in [5.74, 6) is -1.06. The third-order valence-electron chi connectivity index (χ3n) is 5.44. The molecule has 1 aliphatic heterocycles. The van der Waals surface area contributed by atoms with Gasteiger partial charge in [-0.3, -0.25) is 14.5 Å². The van der Waals surface area contributed by atoms with E-state index >= 15 is 0 Å². The Hall–Kier alpha value is -3.16. The minimum Gasteiger partial charge on any atom is -0.480 e. The summed E-state index contributed by atoms with van der Waals surface area (Å²) >= 11 is 0. The predicted molar refractivity (Wildman–Crippen MR) is 112 cm³/mol.